The van der Waals surface area contributed by atoms with Crippen LogP contribution in [-0.4, -0.2) is 19.2 Å². The van der Waals surface area contributed by atoms with Crippen LogP contribution in [0.4, 0.5) is 10.2 Å². The van der Waals surface area contributed by atoms with Crippen LogP contribution in [0.1, 0.15) is 11.4 Å². The van der Waals surface area contributed by atoms with Crippen molar-refractivity contribution >= 4 is 22.8 Å². The molecule has 5 aromatic rings. The molecular weight excluding hydrogens is 385 g/mol. The van der Waals surface area contributed by atoms with Gasteiger partial charge in [-0.3, -0.25) is 0 Å². The van der Waals surface area contributed by atoms with Crippen molar-refractivity contribution in [3.63, 3.8) is 0 Å². The minimum Gasteiger partial charge on any atom is -0.383 e. The van der Waals surface area contributed by atoms with E-state index >= 15 is 0 Å². The van der Waals surface area contributed by atoms with Crippen LogP contribution in [0.15, 0.2) is 60.1 Å². The van der Waals surface area contributed by atoms with E-state index in [-0.39, 0.29) is 5.82 Å². The van der Waals surface area contributed by atoms with E-state index in [1.807, 2.05) is 6.07 Å². The molecule has 0 radical (unpaired) electrons. The van der Waals surface area contributed by atoms with Gasteiger partial charge in [0, 0.05) is 29.2 Å². The Bertz CT molecular complexity index is 1320. The number of thiophene rings is 1. The lowest BCUT2D eigenvalue weighted by Gasteiger charge is -2.09. The molecule has 5 rings (SSSR count). The van der Waals surface area contributed by atoms with Gasteiger partial charge in [0.15, 0.2) is 5.65 Å². The molecule has 2 N–H and O–H groups in total. The number of nitrogens with zero attached hydrogens (tertiary/aromatic N) is 4. The second kappa shape index (κ2) is 6.56. The molecule has 0 saturated carbocycles. The molecule has 4 aromatic heterocycles. The molecular formula is C22H18FN5S. The van der Waals surface area contributed by atoms with Gasteiger partial charge in [0.25, 0.3) is 0 Å². The van der Waals surface area contributed by atoms with Gasteiger partial charge in [0.2, 0.25) is 0 Å². The molecule has 29 heavy (non-hydrogen) atoms. The average molecular weight is 403 g/mol. The highest BCUT2D eigenvalue weighted by Crippen LogP contribution is 2.35. The van der Waals surface area contributed by atoms with E-state index < -0.39 is 0 Å². The molecule has 1 aromatic carbocycles. The smallest absolute Gasteiger partial charge is 0.157 e. The second-order valence-electron chi connectivity index (χ2n) is 6.95. The molecule has 0 saturated heterocycles. The topological polar surface area (TPSA) is 61.1 Å². The van der Waals surface area contributed by atoms with Crippen molar-refractivity contribution < 1.29 is 4.39 Å². The van der Waals surface area contributed by atoms with Gasteiger partial charge in [-0.15, -0.1) is 11.3 Å². The number of fused-ring (bicyclic) bond motifs is 1. The summed E-state index contributed by atoms with van der Waals surface area (Å²) in [5.41, 5.74) is 12.8. The number of anilines is 1. The maximum absolute atomic E-state index is 13.3. The van der Waals surface area contributed by atoms with Crippen molar-refractivity contribution in [1.82, 2.24) is 19.2 Å². The minimum absolute atomic E-state index is 0.288. The Morgan fingerprint density at radius 1 is 1.00 bits per heavy atom. The second-order valence-corrected chi connectivity index (χ2v) is 7.87. The van der Waals surface area contributed by atoms with Crippen molar-refractivity contribution in [3.8, 4) is 27.4 Å². The van der Waals surface area contributed by atoms with Gasteiger partial charge >= 0.3 is 0 Å². The summed E-state index contributed by atoms with van der Waals surface area (Å²) in [4.78, 5) is 5.58. The molecule has 0 aliphatic heterocycles. The van der Waals surface area contributed by atoms with Crippen LogP contribution < -0.4 is 5.73 Å². The Kier molecular flexibility index (Phi) is 3.99. The van der Waals surface area contributed by atoms with E-state index in [2.05, 4.69) is 47.0 Å². The summed E-state index contributed by atoms with van der Waals surface area (Å²) < 4.78 is 17.1. The number of halogens is 1. The molecule has 7 heteroatoms. The SMILES string of the molecule is Cc1ccc(C)n1-c1ccsc1-c1cc2ncc(-c3ccc(F)cc3)c(N)n2n1. The molecule has 0 fully saturated rings. The number of benzene rings is 1. The van der Waals surface area contributed by atoms with Crippen LogP contribution in [0, 0.1) is 19.7 Å². The van der Waals surface area contributed by atoms with E-state index in [0.29, 0.717) is 11.5 Å². The third kappa shape index (κ3) is 2.82. The Labute approximate surface area is 170 Å². The highest BCUT2D eigenvalue weighted by molar-refractivity contribution is 7.14. The van der Waals surface area contributed by atoms with E-state index in [1.165, 1.54) is 23.5 Å². The quantitative estimate of drug-likeness (QED) is 0.447. The van der Waals surface area contributed by atoms with Gasteiger partial charge in [-0.25, -0.2) is 9.37 Å². The highest BCUT2D eigenvalue weighted by atomic mass is 32.1. The summed E-state index contributed by atoms with van der Waals surface area (Å²) in [6.45, 7) is 4.18. The molecule has 0 aliphatic carbocycles. The molecule has 0 spiro atoms. The van der Waals surface area contributed by atoms with Crippen LogP contribution in [0.3, 0.4) is 0 Å². The number of rotatable bonds is 3. The lowest BCUT2D eigenvalue weighted by molar-refractivity contribution is 0.628. The van der Waals surface area contributed by atoms with Crippen LogP contribution in [0.2, 0.25) is 0 Å². The first-order valence-electron chi connectivity index (χ1n) is 9.16. The van der Waals surface area contributed by atoms with Gasteiger partial charge in [-0.05, 0) is 55.1 Å². The standard InChI is InChI=1S/C22H18FN5S/c1-13-3-4-14(2)27(13)19-9-10-29-21(19)18-11-20-25-12-17(22(24)28(20)26-18)15-5-7-16(23)8-6-15/h3-12H,24H2,1-2H3. The summed E-state index contributed by atoms with van der Waals surface area (Å²) in [5.74, 6) is 0.183. The maximum Gasteiger partial charge on any atom is 0.157 e. The lowest BCUT2D eigenvalue weighted by atomic mass is 10.1. The van der Waals surface area contributed by atoms with E-state index in [4.69, 9.17) is 10.8 Å². The molecule has 0 bridgehead atoms. The van der Waals surface area contributed by atoms with Gasteiger partial charge in [-0.1, -0.05) is 12.1 Å². The van der Waals surface area contributed by atoms with Gasteiger partial charge in [0.1, 0.15) is 17.3 Å². The van der Waals surface area contributed by atoms with Gasteiger partial charge in [0.05, 0.1) is 10.6 Å². The number of hydrogen-bond donors (Lipinski definition) is 1. The fourth-order valence-electron chi connectivity index (χ4n) is 3.63. The average Bonchev–Trinajstić information content (AvgIpc) is 3.41. The molecule has 144 valence electrons. The first-order chi connectivity index (χ1) is 14.0. The Balaban J connectivity index is 1.65. The summed E-state index contributed by atoms with van der Waals surface area (Å²) in [6.07, 6.45) is 1.71. The predicted molar refractivity (Wildman–Crippen MR) is 115 cm³/mol. The van der Waals surface area contributed by atoms with Crippen molar-refractivity contribution in [1.29, 1.82) is 0 Å². The van der Waals surface area contributed by atoms with Crippen molar-refractivity contribution in [2.75, 3.05) is 5.73 Å². The zero-order valence-corrected chi connectivity index (χ0v) is 16.7. The zero-order chi connectivity index (χ0) is 20.1. The van der Waals surface area contributed by atoms with E-state index in [9.17, 15) is 4.39 Å². The zero-order valence-electron chi connectivity index (χ0n) is 15.9. The first-order valence-corrected chi connectivity index (χ1v) is 10.0. The van der Waals surface area contributed by atoms with E-state index in [0.717, 1.165) is 27.4 Å². The lowest BCUT2D eigenvalue weighted by Crippen LogP contribution is -2.03. The van der Waals surface area contributed by atoms with Crippen molar-refractivity contribution in [2.45, 2.75) is 13.8 Å². The number of nitrogen functional groups attached to an aromatic ring is 1. The van der Waals surface area contributed by atoms with Crippen LogP contribution in [0.25, 0.3) is 33.0 Å². The van der Waals surface area contributed by atoms with Crippen molar-refractivity contribution in [2.24, 2.45) is 0 Å². The predicted octanol–water partition coefficient (Wildman–Crippen LogP) is 5.25. The van der Waals surface area contributed by atoms with Crippen LogP contribution in [0.5, 0.6) is 0 Å². The summed E-state index contributed by atoms with van der Waals surface area (Å²) in [5, 5.41) is 6.80. The molecule has 0 unspecified atom stereocenters. The third-order valence-corrected chi connectivity index (χ3v) is 5.99. The minimum atomic E-state index is -0.288. The van der Waals surface area contributed by atoms with Crippen LogP contribution in [-0.2, 0) is 0 Å². The Hall–Kier alpha value is -3.45. The van der Waals surface area contributed by atoms with E-state index in [1.54, 1.807) is 34.2 Å². The Morgan fingerprint density at radius 3 is 2.45 bits per heavy atom. The maximum atomic E-state index is 13.3. The summed E-state index contributed by atoms with van der Waals surface area (Å²) >= 11 is 1.63. The normalized spacial score (nSPS) is 11.4. The molecule has 0 amide bonds. The van der Waals surface area contributed by atoms with Crippen molar-refractivity contribution in [3.05, 3.63) is 77.3 Å². The van der Waals surface area contributed by atoms with Crippen LogP contribution >= 0.6 is 11.3 Å². The van der Waals surface area contributed by atoms with Gasteiger partial charge in [-0.2, -0.15) is 9.61 Å². The molecule has 0 atom stereocenters. The first kappa shape index (κ1) is 17.6. The highest BCUT2D eigenvalue weighted by Gasteiger charge is 2.17. The third-order valence-electron chi connectivity index (χ3n) is 5.06. The monoisotopic (exact) mass is 403 g/mol. The number of aryl methyl sites for hydroxylation is 2. The summed E-state index contributed by atoms with van der Waals surface area (Å²) in [7, 11) is 0. The fraction of sp³-hybridized carbons (Fsp3) is 0.0909. The Morgan fingerprint density at radius 2 is 1.72 bits per heavy atom. The fourth-order valence-corrected chi connectivity index (χ4v) is 4.47. The number of aromatic nitrogens is 4. The molecule has 0 aliphatic rings. The molecule has 4 heterocycles. The number of hydrogen-bond acceptors (Lipinski definition) is 4. The molecule has 5 nitrogen and oxygen atoms in total. The summed E-state index contributed by atoms with van der Waals surface area (Å²) in [6, 6.07) is 14.4. The van der Waals surface area contributed by atoms with Gasteiger partial charge < -0.3 is 10.3 Å². The number of nitrogens with two attached hydrogens (primary N) is 1. The largest absolute Gasteiger partial charge is 0.383 e.